The van der Waals surface area contributed by atoms with Crippen molar-refractivity contribution in [2.24, 2.45) is 7.05 Å². The van der Waals surface area contributed by atoms with Crippen LogP contribution >= 0.6 is 0 Å². The highest BCUT2D eigenvalue weighted by molar-refractivity contribution is 5.05. The molecule has 0 saturated carbocycles. The van der Waals surface area contributed by atoms with Gasteiger partial charge in [-0.3, -0.25) is 4.68 Å². The van der Waals surface area contributed by atoms with Crippen molar-refractivity contribution in [2.45, 2.75) is 37.5 Å². The summed E-state index contributed by atoms with van der Waals surface area (Å²) in [5, 5.41) is 8.04. The van der Waals surface area contributed by atoms with Crippen LogP contribution in [0.3, 0.4) is 0 Å². The molecule has 0 bridgehead atoms. The maximum absolute atomic E-state index is 5.42. The number of nitrogens with one attached hydrogen (secondary N) is 1. The van der Waals surface area contributed by atoms with E-state index in [1.165, 1.54) is 0 Å². The molecule has 2 aliphatic rings. The van der Waals surface area contributed by atoms with Crippen molar-refractivity contribution in [2.75, 3.05) is 26.3 Å². The first-order chi connectivity index (χ1) is 8.84. The Bertz CT molecular complexity index is 392. The van der Waals surface area contributed by atoms with Crippen molar-refractivity contribution in [1.29, 1.82) is 0 Å². The van der Waals surface area contributed by atoms with Gasteiger partial charge in [0.25, 0.3) is 0 Å². The lowest BCUT2D eigenvalue weighted by atomic mass is 9.97. The summed E-state index contributed by atoms with van der Waals surface area (Å²) in [7, 11) is 2.03. The Morgan fingerprint density at radius 1 is 1.11 bits per heavy atom. The average molecular weight is 250 g/mol. The Kier molecular flexibility index (Phi) is 3.61. The Morgan fingerprint density at radius 3 is 2.56 bits per heavy atom. The van der Waals surface area contributed by atoms with Gasteiger partial charge < -0.3 is 10.1 Å². The number of nitrogens with zero attached hydrogens (tertiary/aromatic N) is 3. The Morgan fingerprint density at radius 2 is 1.83 bits per heavy atom. The maximum atomic E-state index is 5.42. The van der Waals surface area contributed by atoms with Crippen LogP contribution in [-0.2, 0) is 11.8 Å². The minimum Gasteiger partial charge on any atom is -0.381 e. The Balaban J connectivity index is 1.76. The quantitative estimate of drug-likeness (QED) is 0.856. The summed E-state index contributed by atoms with van der Waals surface area (Å²) in [5.74, 6) is 3.30. The third-order valence-electron chi connectivity index (χ3n) is 4.10. The normalized spacial score (nSPS) is 23.4. The van der Waals surface area contributed by atoms with Gasteiger partial charge in [0.1, 0.15) is 5.82 Å². The van der Waals surface area contributed by atoms with Crippen LogP contribution in [0.25, 0.3) is 0 Å². The summed E-state index contributed by atoms with van der Waals surface area (Å²) < 4.78 is 7.41. The van der Waals surface area contributed by atoms with E-state index in [1.807, 2.05) is 11.7 Å². The molecule has 1 N–H and O–H groups in total. The molecule has 5 heteroatoms. The molecule has 18 heavy (non-hydrogen) atoms. The van der Waals surface area contributed by atoms with Gasteiger partial charge in [-0.2, -0.15) is 5.10 Å². The largest absolute Gasteiger partial charge is 0.381 e. The van der Waals surface area contributed by atoms with Crippen molar-refractivity contribution >= 4 is 0 Å². The number of piperidine rings is 1. The zero-order valence-corrected chi connectivity index (χ0v) is 11.1. The molecule has 3 rings (SSSR count). The molecular formula is C13H22N4O. The summed E-state index contributed by atoms with van der Waals surface area (Å²) in [4.78, 5) is 4.83. The van der Waals surface area contributed by atoms with Gasteiger partial charge in [-0.05, 0) is 38.8 Å². The van der Waals surface area contributed by atoms with Crippen LogP contribution in [0.5, 0.6) is 0 Å². The van der Waals surface area contributed by atoms with E-state index in [4.69, 9.17) is 9.72 Å². The van der Waals surface area contributed by atoms with Gasteiger partial charge in [-0.15, -0.1) is 0 Å². The van der Waals surface area contributed by atoms with Gasteiger partial charge in [0, 0.05) is 32.1 Å². The third kappa shape index (κ3) is 2.42. The van der Waals surface area contributed by atoms with Crippen molar-refractivity contribution in [3.8, 4) is 0 Å². The zero-order chi connectivity index (χ0) is 12.4. The number of hydrogen-bond donors (Lipinski definition) is 1. The molecule has 100 valence electrons. The minimum absolute atomic E-state index is 0.534. The molecular weight excluding hydrogens is 228 g/mol. The molecule has 2 fully saturated rings. The van der Waals surface area contributed by atoms with Crippen LogP contribution in [0.15, 0.2) is 0 Å². The van der Waals surface area contributed by atoms with Crippen LogP contribution in [0.4, 0.5) is 0 Å². The fourth-order valence-electron chi connectivity index (χ4n) is 2.98. The highest BCUT2D eigenvalue weighted by Crippen LogP contribution is 2.28. The monoisotopic (exact) mass is 250 g/mol. The van der Waals surface area contributed by atoms with Gasteiger partial charge in [-0.1, -0.05) is 0 Å². The van der Waals surface area contributed by atoms with Crippen LogP contribution in [0.1, 0.15) is 49.2 Å². The molecule has 0 aromatic carbocycles. The van der Waals surface area contributed by atoms with Crippen molar-refractivity contribution < 1.29 is 4.74 Å². The van der Waals surface area contributed by atoms with Crippen molar-refractivity contribution in [3.05, 3.63) is 11.6 Å². The van der Waals surface area contributed by atoms with E-state index in [0.29, 0.717) is 11.8 Å². The van der Waals surface area contributed by atoms with Crippen molar-refractivity contribution in [3.63, 3.8) is 0 Å². The average Bonchev–Trinajstić information content (AvgIpc) is 2.83. The van der Waals surface area contributed by atoms with Gasteiger partial charge in [0.05, 0.1) is 0 Å². The molecule has 0 radical (unpaired) electrons. The van der Waals surface area contributed by atoms with Gasteiger partial charge in [0.2, 0.25) is 0 Å². The fourth-order valence-corrected chi connectivity index (χ4v) is 2.98. The number of hydrogen-bond acceptors (Lipinski definition) is 4. The molecule has 0 atom stereocenters. The summed E-state index contributed by atoms with van der Waals surface area (Å²) in [6.07, 6.45) is 4.49. The van der Waals surface area contributed by atoms with E-state index >= 15 is 0 Å². The molecule has 1 aromatic rings. The molecule has 0 aliphatic carbocycles. The number of aryl methyl sites for hydroxylation is 1. The highest BCUT2D eigenvalue weighted by atomic mass is 16.5. The van der Waals surface area contributed by atoms with Crippen LogP contribution < -0.4 is 5.32 Å². The molecule has 2 aliphatic heterocycles. The van der Waals surface area contributed by atoms with Crippen LogP contribution in [0.2, 0.25) is 0 Å². The smallest absolute Gasteiger partial charge is 0.154 e. The van der Waals surface area contributed by atoms with Gasteiger partial charge >= 0.3 is 0 Å². The van der Waals surface area contributed by atoms with Crippen molar-refractivity contribution in [1.82, 2.24) is 20.1 Å². The first kappa shape index (κ1) is 12.1. The zero-order valence-electron chi connectivity index (χ0n) is 11.1. The molecule has 2 saturated heterocycles. The third-order valence-corrected chi connectivity index (χ3v) is 4.10. The Hall–Kier alpha value is -0.940. The number of rotatable bonds is 2. The molecule has 5 nitrogen and oxygen atoms in total. The van der Waals surface area contributed by atoms with E-state index in [0.717, 1.165) is 63.6 Å². The second kappa shape index (κ2) is 5.36. The lowest BCUT2D eigenvalue weighted by Crippen LogP contribution is -2.27. The second-order valence-electron chi connectivity index (χ2n) is 5.36. The second-order valence-corrected chi connectivity index (χ2v) is 5.36. The van der Waals surface area contributed by atoms with Crippen LogP contribution in [0, 0.1) is 0 Å². The van der Waals surface area contributed by atoms with Gasteiger partial charge in [0.15, 0.2) is 5.82 Å². The molecule has 0 spiro atoms. The molecule has 0 unspecified atom stereocenters. The standard InChI is InChI=1S/C13H22N4O/c1-17-13(11-4-8-18-9-5-11)15-12(16-17)10-2-6-14-7-3-10/h10-11,14H,2-9H2,1H3. The predicted molar refractivity (Wildman–Crippen MR) is 68.6 cm³/mol. The van der Waals surface area contributed by atoms with E-state index < -0.39 is 0 Å². The summed E-state index contributed by atoms with van der Waals surface area (Å²) in [5.41, 5.74) is 0. The fraction of sp³-hybridized carbons (Fsp3) is 0.846. The predicted octanol–water partition coefficient (Wildman–Crippen LogP) is 1.18. The maximum Gasteiger partial charge on any atom is 0.154 e. The highest BCUT2D eigenvalue weighted by Gasteiger charge is 2.25. The number of ether oxygens (including phenoxy) is 1. The topological polar surface area (TPSA) is 52.0 Å². The first-order valence-electron chi connectivity index (χ1n) is 7.04. The lowest BCUT2D eigenvalue weighted by Gasteiger charge is -2.21. The summed E-state index contributed by atoms with van der Waals surface area (Å²) in [6, 6.07) is 0. The van der Waals surface area contributed by atoms with E-state index in [1.54, 1.807) is 0 Å². The molecule has 3 heterocycles. The van der Waals surface area contributed by atoms with E-state index in [-0.39, 0.29) is 0 Å². The minimum atomic E-state index is 0.534. The van der Waals surface area contributed by atoms with Crippen LogP contribution in [-0.4, -0.2) is 41.1 Å². The lowest BCUT2D eigenvalue weighted by molar-refractivity contribution is 0.0828. The van der Waals surface area contributed by atoms with E-state index in [2.05, 4.69) is 10.4 Å². The summed E-state index contributed by atoms with van der Waals surface area (Å²) in [6.45, 7) is 3.91. The Labute approximate surface area is 108 Å². The number of aromatic nitrogens is 3. The van der Waals surface area contributed by atoms with E-state index in [9.17, 15) is 0 Å². The summed E-state index contributed by atoms with van der Waals surface area (Å²) >= 11 is 0. The first-order valence-corrected chi connectivity index (χ1v) is 7.04. The molecule has 0 amide bonds. The SMILES string of the molecule is Cn1nc(C2CCNCC2)nc1C1CCOCC1. The molecule has 1 aromatic heterocycles. The van der Waals surface area contributed by atoms with Gasteiger partial charge in [-0.25, -0.2) is 4.98 Å².